The summed E-state index contributed by atoms with van der Waals surface area (Å²) in [5.74, 6) is 2.32. The molecule has 2 heterocycles. The van der Waals surface area contributed by atoms with Crippen molar-refractivity contribution < 1.29 is 14.6 Å². The van der Waals surface area contributed by atoms with Crippen molar-refractivity contribution >= 4 is 0 Å². The molecule has 2 aliphatic heterocycles. The zero-order valence-corrected chi connectivity index (χ0v) is 12.0. The zero-order chi connectivity index (χ0) is 13.9. The lowest BCUT2D eigenvalue weighted by molar-refractivity contribution is 0.145. The molecule has 0 spiro atoms. The van der Waals surface area contributed by atoms with Gasteiger partial charge in [0.2, 0.25) is 0 Å². The Morgan fingerprint density at radius 3 is 2.85 bits per heavy atom. The first-order valence-corrected chi connectivity index (χ1v) is 7.52. The minimum Gasteiger partial charge on any atom is -0.486 e. The van der Waals surface area contributed by atoms with Crippen LogP contribution in [-0.2, 0) is 0 Å². The first-order valence-electron chi connectivity index (χ1n) is 7.52. The average molecular weight is 277 g/mol. The third-order valence-corrected chi connectivity index (χ3v) is 4.18. The van der Waals surface area contributed by atoms with Crippen LogP contribution >= 0.6 is 0 Å². The van der Waals surface area contributed by atoms with Crippen LogP contribution in [0.3, 0.4) is 0 Å². The highest BCUT2D eigenvalue weighted by Gasteiger charge is 2.20. The Bertz CT molecular complexity index is 463. The molecule has 4 nitrogen and oxygen atoms in total. The van der Waals surface area contributed by atoms with Gasteiger partial charge in [0.15, 0.2) is 11.5 Å². The molecule has 0 aliphatic carbocycles. The maximum absolute atomic E-state index is 10.3. The predicted octanol–water partition coefficient (Wildman–Crippen LogP) is 2.22. The van der Waals surface area contributed by atoms with Gasteiger partial charge in [0, 0.05) is 13.1 Å². The number of nitrogens with zero attached hydrogens (tertiary/aromatic N) is 1. The highest BCUT2D eigenvalue weighted by Crippen LogP contribution is 2.33. The molecule has 1 aromatic carbocycles. The lowest BCUT2D eigenvalue weighted by Crippen LogP contribution is -2.23. The van der Waals surface area contributed by atoms with E-state index in [0.29, 0.717) is 13.2 Å². The minimum atomic E-state index is -0.429. The van der Waals surface area contributed by atoms with Crippen LogP contribution in [0.2, 0.25) is 0 Å². The molecule has 0 aromatic heterocycles. The van der Waals surface area contributed by atoms with Crippen LogP contribution in [0.1, 0.15) is 31.4 Å². The van der Waals surface area contributed by atoms with E-state index in [1.165, 1.54) is 6.42 Å². The number of hydrogen-bond donors (Lipinski definition) is 1. The van der Waals surface area contributed by atoms with Crippen LogP contribution in [0.15, 0.2) is 18.2 Å². The highest BCUT2D eigenvalue weighted by molar-refractivity contribution is 5.44. The molecule has 1 aromatic rings. The zero-order valence-electron chi connectivity index (χ0n) is 12.0. The summed E-state index contributed by atoms with van der Waals surface area (Å²) in [7, 11) is 0. The molecule has 0 radical (unpaired) electrons. The molecule has 0 saturated carbocycles. The fourth-order valence-electron chi connectivity index (χ4n) is 2.97. The molecule has 1 saturated heterocycles. The van der Waals surface area contributed by atoms with E-state index in [4.69, 9.17) is 9.47 Å². The van der Waals surface area contributed by atoms with Gasteiger partial charge in [-0.3, -0.25) is 0 Å². The smallest absolute Gasteiger partial charge is 0.161 e. The number of aliphatic hydroxyl groups excluding tert-OH is 1. The second kappa shape index (κ2) is 6.02. The summed E-state index contributed by atoms with van der Waals surface area (Å²) in [6, 6.07) is 5.74. The number of aliphatic hydroxyl groups is 1. The Morgan fingerprint density at radius 2 is 2.10 bits per heavy atom. The largest absolute Gasteiger partial charge is 0.486 e. The van der Waals surface area contributed by atoms with Gasteiger partial charge in [0.05, 0.1) is 6.10 Å². The summed E-state index contributed by atoms with van der Waals surface area (Å²) in [6.07, 6.45) is 1.62. The normalized spacial score (nSPS) is 23.8. The van der Waals surface area contributed by atoms with Gasteiger partial charge in [-0.05, 0) is 43.0 Å². The fourth-order valence-corrected chi connectivity index (χ4v) is 2.97. The Hall–Kier alpha value is -1.26. The maximum Gasteiger partial charge on any atom is 0.161 e. The van der Waals surface area contributed by atoms with Gasteiger partial charge in [-0.2, -0.15) is 0 Å². The van der Waals surface area contributed by atoms with E-state index >= 15 is 0 Å². The highest BCUT2D eigenvalue weighted by atomic mass is 16.6. The molecule has 1 fully saturated rings. The molecule has 110 valence electrons. The van der Waals surface area contributed by atoms with Crippen molar-refractivity contribution in [1.82, 2.24) is 4.90 Å². The van der Waals surface area contributed by atoms with Crippen molar-refractivity contribution in [1.29, 1.82) is 0 Å². The van der Waals surface area contributed by atoms with E-state index in [0.717, 1.165) is 49.0 Å². The molecule has 2 aliphatic rings. The molecule has 1 unspecified atom stereocenters. The van der Waals surface area contributed by atoms with Gasteiger partial charge in [0.1, 0.15) is 13.2 Å². The average Bonchev–Trinajstić information content (AvgIpc) is 2.90. The molecular weight excluding hydrogens is 254 g/mol. The van der Waals surface area contributed by atoms with Crippen molar-refractivity contribution in [3.05, 3.63) is 23.8 Å². The number of ether oxygens (including phenoxy) is 2. The molecular formula is C16H23NO3. The summed E-state index contributed by atoms with van der Waals surface area (Å²) in [5.41, 5.74) is 0.918. The van der Waals surface area contributed by atoms with Gasteiger partial charge in [-0.25, -0.2) is 0 Å². The molecule has 20 heavy (non-hydrogen) atoms. The van der Waals surface area contributed by atoms with Crippen LogP contribution in [0.4, 0.5) is 0 Å². The topological polar surface area (TPSA) is 41.9 Å². The Morgan fingerprint density at radius 1 is 1.30 bits per heavy atom. The Labute approximate surface area is 120 Å². The van der Waals surface area contributed by atoms with Crippen LogP contribution in [0.25, 0.3) is 0 Å². The SMILES string of the molecule is CC1CCN(CC[C@@H](O)c2ccc3c(c2)OCCO3)C1. The Kier molecular flexibility index (Phi) is 4.13. The van der Waals surface area contributed by atoms with E-state index in [9.17, 15) is 5.11 Å². The van der Waals surface area contributed by atoms with E-state index in [1.54, 1.807) is 0 Å². The van der Waals surface area contributed by atoms with Crippen molar-refractivity contribution in [2.75, 3.05) is 32.8 Å². The summed E-state index contributed by atoms with van der Waals surface area (Å²) in [4.78, 5) is 2.44. The van der Waals surface area contributed by atoms with Gasteiger partial charge < -0.3 is 19.5 Å². The van der Waals surface area contributed by atoms with Crippen molar-refractivity contribution in [2.45, 2.75) is 25.9 Å². The monoisotopic (exact) mass is 277 g/mol. The molecule has 4 heteroatoms. The number of likely N-dealkylation sites (tertiary alicyclic amines) is 1. The lowest BCUT2D eigenvalue weighted by atomic mass is 10.1. The van der Waals surface area contributed by atoms with Gasteiger partial charge in [-0.15, -0.1) is 0 Å². The summed E-state index contributed by atoms with van der Waals surface area (Å²) in [6.45, 7) is 6.75. The van der Waals surface area contributed by atoms with Gasteiger partial charge >= 0.3 is 0 Å². The van der Waals surface area contributed by atoms with Crippen molar-refractivity contribution in [3.8, 4) is 11.5 Å². The van der Waals surface area contributed by atoms with E-state index in [-0.39, 0.29) is 0 Å². The van der Waals surface area contributed by atoms with Crippen LogP contribution in [0, 0.1) is 5.92 Å². The second-order valence-corrected chi connectivity index (χ2v) is 5.90. The van der Waals surface area contributed by atoms with Crippen LogP contribution in [-0.4, -0.2) is 42.9 Å². The number of rotatable bonds is 4. The molecule has 0 bridgehead atoms. The lowest BCUT2D eigenvalue weighted by Gasteiger charge is -2.21. The van der Waals surface area contributed by atoms with Gasteiger partial charge in [0.25, 0.3) is 0 Å². The van der Waals surface area contributed by atoms with Crippen molar-refractivity contribution in [3.63, 3.8) is 0 Å². The maximum atomic E-state index is 10.3. The van der Waals surface area contributed by atoms with E-state index in [1.807, 2.05) is 18.2 Å². The third kappa shape index (κ3) is 3.07. The van der Waals surface area contributed by atoms with Gasteiger partial charge in [-0.1, -0.05) is 13.0 Å². The number of benzene rings is 1. The van der Waals surface area contributed by atoms with E-state index < -0.39 is 6.10 Å². The summed E-state index contributed by atoms with van der Waals surface area (Å²) < 4.78 is 11.1. The molecule has 0 amide bonds. The molecule has 1 N–H and O–H groups in total. The second-order valence-electron chi connectivity index (χ2n) is 5.90. The van der Waals surface area contributed by atoms with E-state index in [2.05, 4.69) is 11.8 Å². The quantitative estimate of drug-likeness (QED) is 0.916. The first kappa shape index (κ1) is 13.7. The molecule has 2 atom stereocenters. The standard InChI is InChI=1S/C16H23NO3/c1-12-4-6-17(11-12)7-5-14(18)13-2-3-15-16(10-13)20-9-8-19-15/h2-3,10,12,14,18H,4-9,11H2,1H3/t12?,14-/m1/s1. The fraction of sp³-hybridized carbons (Fsp3) is 0.625. The van der Waals surface area contributed by atoms with Crippen molar-refractivity contribution in [2.24, 2.45) is 5.92 Å². The molecule has 3 rings (SSSR count). The van der Waals surface area contributed by atoms with Crippen LogP contribution in [0.5, 0.6) is 11.5 Å². The first-order chi connectivity index (χ1) is 9.72. The number of hydrogen-bond acceptors (Lipinski definition) is 4. The third-order valence-electron chi connectivity index (χ3n) is 4.18. The summed E-state index contributed by atoms with van der Waals surface area (Å²) in [5, 5.41) is 10.3. The summed E-state index contributed by atoms with van der Waals surface area (Å²) >= 11 is 0. The Balaban J connectivity index is 1.58. The van der Waals surface area contributed by atoms with Crippen LogP contribution < -0.4 is 9.47 Å². The predicted molar refractivity (Wildman–Crippen MR) is 77.2 cm³/mol. The number of fused-ring (bicyclic) bond motifs is 1. The minimum absolute atomic E-state index is 0.429.